The van der Waals surface area contributed by atoms with Crippen molar-refractivity contribution in [2.45, 2.75) is 34.3 Å². The molecule has 178 valence electrons. The van der Waals surface area contributed by atoms with Crippen molar-refractivity contribution in [3.8, 4) is 5.75 Å². The maximum absolute atomic E-state index is 12.5. The van der Waals surface area contributed by atoms with Crippen LogP contribution in [-0.4, -0.2) is 44.7 Å². The van der Waals surface area contributed by atoms with Gasteiger partial charge < -0.3 is 30.7 Å². The van der Waals surface area contributed by atoms with E-state index >= 15 is 0 Å². The Kier molecular flexibility index (Phi) is 13.7. The number of amides is 1. The third-order valence-corrected chi connectivity index (χ3v) is 4.78. The van der Waals surface area contributed by atoms with Crippen LogP contribution in [0.5, 0.6) is 5.75 Å². The lowest BCUT2D eigenvalue weighted by Gasteiger charge is -2.04. The monoisotopic (exact) mass is 474 g/mol. The Balaban J connectivity index is 0.000000545. The number of rotatable bonds is 3. The third-order valence-electron chi connectivity index (χ3n) is 3.68. The largest absolute Gasteiger partial charge is 0.505 e. The minimum atomic E-state index is -0.750. The van der Waals surface area contributed by atoms with E-state index in [2.05, 4.69) is 10.3 Å². The molecule has 0 spiro atoms. The van der Waals surface area contributed by atoms with Crippen LogP contribution in [0.1, 0.15) is 42.3 Å². The summed E-state index contributed by atoms with van der Waals surface area (Å²) in [5, 5.41) is 37.0. The number of hydrogen-bond donors (Lipinski definition) is 6. The van der Waals surface area contributed by atoms with Crippen LogP contribution in [-0.2, 0) is 6.61 Å². The van der Waals surface area contributed by atoms with Gasteiger partial charge in [-0.25, -0.2) is 8.78 Å². The van der Waals surface area contributed by atoms with Crippen LogP contribution in [0.3, 0.4) is 0 Å². The standard InChI is InChI=1S/C11H12N2O3S.C7H6F2O.C2H6.CH4O2/c1-3-12-10(15)6-8(14)9-7(13-11(6)16)5(2)4-17-9;8-6-2-1-3-7(9)5(6)4-10;1-2;2-1-3/h4H,3H2,1-2H3,(H,12,15)(H2,13,14,16);1-3,10H,4H2;1-2H3;2-3H,1H2. The molecule has 32 heavy (non-hydrogen) atoms. The van der Waals surface area contributed by atoms with Gasteiger partial charge in [0.2, 0.25) is 0 Å². The topological polar surface area (TPSA) is 143 Å². The lowest BCUT2D eigenvalue weighted by atomic mass is 10.2. The van der Waals surface area contributed by atoms with Gasteiger partial charge in [-0.2, -0.15) is 0 Å². The minimum absolute atomic E-state index is 0.221. The van der Waals surface area contributed by atoms with Crippen molar-refractivity contribution in [3.05, 3.63) is 62.3 Å². The number of aliphatic hydroxyl groups excluding tert-OH is 2. The molecular weight excluding hydrogens is 446 g/mol. The van der Waals surface area contributed by atoms with Gasteiger partial charge in [0.15, 0.2) is 5.75 Å². The summed E-state index contributed by atoms with van der Waals surface area (Å²) in [6, 6.07) is 3.47. The zero-order valence-corrected chi connectivity index (χ0v) is 19.0. The van der Waals surface area contributed by atoms with Gasteiger partial charge >= 0.3 is 0 Å². The number of halogens is 2. The summed E-state index contributed by atoms with van der Waals surface area (Å²) >= 11 is 1.30. The summed E-state index contributed by atoms with van der Waals surface area (Å²) in [4.78, 5) is 26.0. The number of pyridine rings is 1. The van der Waals surface area contributed by atoms with Gasteiger partial charge in [-0.1, -0.05) is 19.9 Å². The number of aromatic nitrogens is 1. The van der Waals surface area contributed by atoms with Gasteiger partial charge in [-0.05, 0) is 36.9 Å². The molecule has 0 unspecified atom stereocenters. The van der Waals surface area contributed by atoms with E-state index in [9.17, 15) is 23.5 Å². The molecule has 0 radical (unpaired) electrons. The van der Waals surface area contributed by atoms with Gasteiger partial charge in [0.1, 0.15) is 24.0 Å². The minimum Gasteiger partial charge on any atom is -0.505 e. The first-order valence-corrected chi connectivity index (χ1v) is 10.5. The maximum Gasteiger partial charge on any atom is 0.265 e. The molecule has 8 nitrogen and oxygen atoms in total. The first-order valence-electron chi connectivity index (χ1n) is 9.60. The summed E-state index contributed by atoms with van der Waals surface area (Å²) in [6.07, 6.45) is 0. The molecule has 1 amide bonds. The molecule has 2 aromatic heterocycles. The number of thiophene rings is 1. The number of carbonyl (C=O) groups excluding carboxylic acids is 1. The molecule has 6 N–H and O–H groups in total. The molecule has 0 atom stereocenters. The molecular formula is C21H28F2N2O6S. The molecule has 3 aromatic rings. The van der Waals surface area contributed by atoms with Crippen LogP contribution >= 0.6 is 11.3 Å². The molecule has 0 bridgehead atoms. The van der Waals surface area contributed by atoms with Crippen molar-refractivity contribution in [1.29, 1.82) is 0 Å². The average molecular weight is 475 g/mol. The molecule has 0 saturated heterocycles. The van der Waals surface area contributed by atoms with E-state index in [0.717, 1.165) is 17.7 Å². The maximum atomic E-state index is 12.5. The molecule has 2 heterocycles. The zero-order chi connectivity index (χ0) is 24.8. The number of H-pyrrole nitrogens is 1. The second-order valence-corrected chi connectivity index (χ2v) is 6.54. The smallest absolute Gasteiger partial charge is 0.265 e. The fraction of sp³-hybridized carbons (Fsp3) is 0.333. The first kappa shape index (κ1) is 29.1. The number of fused-ring (bicyclic) bond motifs is 1. The number of carbonyl (C=O) groups is 1. The van der Waals surface area contributed by atoms with E-state index in [-0.39, 0.29) is 16.9 Å². The van der Waals surface area contributed by atoms with Gasteiger partial charge in [-0.3, -0.25) is 9.59 Å². The van der Waals surface area contributed by atoms with Crippen LogP contribution in [0.2, 0.25) is 0 Å². The second-order valence-electron chi connectivity index (χ2n) is 5.66. The van der Waals surface area contributed by atoms with E-state index in [1.54, 1.807) is 6.92 Å². The highest BCUT2D eigenvalue weighted by molar-refractivity contribution is 7.17. The van der Waals surface area contributed by atoms with E-state index < -0.39 is 36.5 Å². The van der Waals surface area contributed by atoms with Gasteiger partial charge in [0.05, 0.1) is 16.8 Å². The number of nitrogens with one attached hydrogen (secondary N) is 2. The average Bonchev–Trinajstić information content (AvgIpc) is 3.12. The Hall–Kier alpha value is -2.86. The highest BCUT2D eigenvalue weighted by atomic mass is 32.1. The van der Waals surface area contributed by atoms with Crippen molar-refractivity contribution < 1.29 is 34.0 Å². The van der Waals surface area contributed by atoms with Gasteiger partial charge in [0.25, 0.3) is 11.5 Å². The highest BCUT2D eigenvalue weighted by Crippen LogP contribution is 2.32. The summed E-state index contributed by atoms with van der Waals surface area (Å²) in [5.41, 5.74) is 0.400. The fourth-order valence-corrected chi connectivity index (χ4v) is 3.27. The van der Waals surface area contributed by atoms with Crippen molar-refractivity contribution in [1.82, 2.24) is 10.3 Å². The van der Waals surface area contributed by atoms with Crippen molar-refractivity contribution >= 4 is 27.5 Å². The predicted molar refractivity (Wildman–Crippen MR) is 120 cm³/mol. The Bertz CT molecular complexity index is 1030. The lowest BCUT2D eigenvalue weighted by Crippen LogP contribution is -2.29. The van der Waals surface area contributed by atoms with Crippen molar-refractivity contribution in [2.75, 3.05) is 13.3 Å². The van der Waals surface area contributed by atoms with Crippen LogP contribution in [0.25, 0.3) is 10.2 Å². The summed E-state index contributed by atoms with van der Waals surface area (Å²) in [5.74, 6) is -2.21. The molecule has 1 aromatic carbocycles. The van der Waals surface area contributed by atoms with E-state index in [4.69, 9.17) is 15.3 Å². The van der Waals surface area contributed by atoms with Crippen LogP contribution in [0.15, 0.2) is 28.4 Å². The van der Waals surface area contributed by atoms with Crippen molar-refractivity contribution in [3.63, 3.8) is 0 Å². The van der Waals surface area contributed by atoms with Crippen molar-refractivity contribution in [2.24, 2.45) is 0 Å². The number of aromatic hydroxyl groups is 1. The van der Waals surface area contributed by atoms with Crippen LogP contribution in [0, 0.1) is 18.6 Å². The Morgan fingerprint density at radius 3 is 2.12 bits per heavy atom. The van der Waals surface area contributed by atoms with E-state index in [1.165, 1.54) is 17.4 Å². The quantitative estimate of drug-likeness (QED) is 0.322. The third kappa shape index (κ3) is 7.68. The Morgan fingerprint density at radius 2 is 1.69 bits per heavy atom. The van der Waals surface area contributed by atoms with E-state index in [0.29, 0.717) is 16.8 Å². The van der Waals surface area contributed by atoms with Crippen LogP contribution in [0.4, 0.5) is 8.78 Å². The lowest BCUT2D eigenvalue weighted by molar-refractivity contribution is 0.0773. The Labute approximate surface area is 187 Å². The summed E-state index contributed by atoms with van der Waals surface area (Å²) < 4.78 is 25.4. The second kappa shape index (κ2) is 15.0. The van der Waals surface area contributed by atoms with Gasteiger partial charge in [0, 0.05) is 12.1 Å². The number of benzene rings is 1. The molecule has 0 aliphatic carbocycles. The molecule has 11 heteroatoms. The predicted octanol–water partition coefficient (Wildman–Crippen LogP) is 2.77. The highest BCUT2D eigenvalue weighted by Gasteiger charge is 2.20. The number of aryl methyl sites for hydroxylation is 1. The molecule has 3 rings (SSSR count). The SMILES string of the molecule is CC.CCNC(=O)c1c(O)c2scc(C)c2[nH]c1=O.OCO.OCc1c(F)cccc1F. The fourth-order valence-electron chi connectivity index (χ4n) is 2.31. The van der Waals surface area contributed by atoms with Crippen LogP contribution < -0.4 is 10.9 Å². The van der Waals surface area contributed by atoms with E-state index in [1.807, 2.05) is 26.2 Å². The normalized spacial score (nSPS) is 9.53. The molecule has 0 saturated carbocycles. The zero-order valence-electron chi connectivity index (χ0n) is 18.2. The summed E-state index contributed by atoms with van der Waals surface area (Å²) in [7, 11) is 0. The Morgan fingerprint density at radius 1 is 1.16 bits per heavy atom. The summed E-state index contributed by atoms with van der Waals surface area (Å²) in [6.45, 7) is 6.63. The number of hydrogen-bond acceptors (Lipinski definition) is 7. The molecule has 0 aliphatic heterocycles. The first-order chi connectivity index (χ1) is 15.2. The molecule has 0 fully saturated rings. The number of aliphatic hydroxyl groups is 3. The van der Waals surface area contributed by atoms with Gasteiger partial charge in [-0.15, -0.1) is 11.3 Å². The molecule has 0 aliphatic rings. The number of aromatic amines is 1.